The molecule has 0 atom stereocenters. The highest BCUT2D eigenvalue weighted by molar-refractivity contribution is 6.05. The van der Waals surface area contributed by atoms with Crippen LogP contribution in [0.15, 0.2) is 53.3 Å². The van der Waals surface area contributed by atoms with E-state index in [0.29, 0.717) is 23.4 Å². The van der Waals surface area contributed by atoms with E-state index in [9.17, 15) is 9.59 Å². The molecule has 170 valence electrons. The van der Waals surface area contributed by atoms with Crippen molar-refractivity contribution < 1.29 is 4.79 Å². The molecule has 0 saturated heterocycles. The van der Waals surface area contributed by atoms with E-state index < -0.39 is 0 Å². The number of nitrogens with one attached hydrogen (secondary N) is 1. The minimum absolute atomic E-state index is 0.00947. The number of aromatic nitrogens is 4. The molecule has 1 amide bonds. The molecule has 2 heterocycles. The molecule has 0 radical (unpaired) electrons. The average molecular weight is 444 g/mol. The fraction of sp³-hybridized carbons (Fsp3) is 0.308. The van der Waals surface area contributed by atoms with Crippen molar-refractivity contribution in [2.45, 2.75) is 53.5 Å². The largest absolute Gasteiger partial charge is 0.277 e. The van der Waals surface area contributed by atoms with Gasteiger partial charge in [-0.2, -0.15) is 9.50 Å². The number of hydrogen-bond donors (Lipinski definition) is 1. The summed E-state index contributed by atoms with van der Waals surface area (Å²) in [6.07, 6.45) is 0. The van der Waals surface area contributed by atoms with Crippen molar-refractivity contribution >= 4 is 17.6 Å². The highest BCUT2D eigenvalue weighted by Crippen LogP contribution is 2.24. The van der Waals surface area contributed by atoms with Crippen molar-refractivity contribution in [3.05, 3.63) is 92.4 Å². The molecule has 0 bridgehead atoms. The number of aromatic amines is 1. The summed E-state index contributed by atoms with van der Waals surface area (Å²) in [5.41, 5.74) is 4.70. The maximum Gasteiger partial charge on any atom is 0.277 e. The SMILES string of the molecule is Cc1ccc(CN(C(=O)c2ccc(C(C)(C)C)cc2)c2nc3nc(C)c(C)c(=O)n3[nH]2)cc1. The number of carbonyl (C=O) groups excluding carboxylic acids is 1. The predicted molar refractivity (Wildman–Crippen MR) is 130 cm³/mol. The number of aryl methyl sites for hydroxylation is 2. The van der Waals surface area contributed by atoms with Crippen LogP contribution in [0.1, 0.15) is 59.1 Å². The van der Waals surface area contributed by atoms with Crippen LogP contribution in [0.25, 0.3) is 5.78 Å². The Bertz CT molecular complexity index is 1370. The Morgan fingerprint density at radius 1 is 0.970 bits per heavy atom. The molecule has 7 nitrogen and oxygen atoms in total. The number of fused-ring (bicyclic) bond motifs is 1. The molecule has 0 spiro atoms. The van der Waals surface area contributed by atoms with Crippen LogP contribution in [0, 0.1) is 20.8 Å². The Balaban J connectivity index is 1.79. The van der Waals surface area contributed by atoms with Gasteiger partial charge in [0.1, 0.15) is 0 Å². The minimum Gasteiger partial charge on any atom is -0.272 e. The van der Waals surface area contributed by atoms with Crippen molar-refractivity contribution in [3.63, 3.8) is 0 Å². The summed E-state index contributed by atoms with van der Waals surface area (Å²) in [5.74, 6) is 0.301. The summed E-state index contributed by atoms with van der Waals surface area (Å²) in [6.45, 7) is 12.2. The van der Waals surface area contributed by atoms with Crippen molar-refractivity contribution in [2.24, 2.45) is 0 Å². The van der Waals surface area contributed by atoms with Gasteiger partial charge in [-0.1, -0.05) is 62.7 Å². The summed E-state index contributed by atoms with van der Waals surface area (Å²) in [5, 5.41) is 2.99. The Kier molecular flexibility index (Phi) is 5.66. The first-order chi connectivity index (χ1) is 15.5. The first-order valence-electron chi connectivity index (χ1n) is 11.0. The lowest BCUT2D eigenvalue weighted by Crippen LogP contribution is -2.31. The van der Waals surface area contributed by atoms with Crippen molar-refractivity contribution in [3.8, 4) is 0 Å². The topological polar surface area (TPSA) is 83.4 Å². The lowest BCUT2D eigenvalue weighted by molar-refractivity contribution is 0.0983. The zero-order valence-corrected chi connectivity index (χ0v) is 19.9. The van der Waals surface area contributed by atoms with Crippen LogP contribution >= 0.6 is 0 Å². The Morgan fingerprint density at radius 3 is 2.21 bits per heavy atom. The van der Waals surface area contributed by atoms with Gasteiger partial charge in [0.05, 0.1) is 6.54 Å². The van der Waals surface area contributed by atoms with E-state index in [1.807, 2.05) is 55.5 Å². The molecule has 0 aliphatic carbocycles. The molecule has 0 unspecified atom stereocenters. The normalized spacial score (nSPS) is 11.7. The molecule has 0 aliphatic rings. The molecule has 0 fully saturated rings. The zero-order chi connectivity index (χ0) is 23.9. The number of rotatable bonds is 4. The van der Waals surface area contributed by atoms with Crippen LogP contribution in [-0.2, 0) is 12.0 Å². The van der Waals surface area contributed by atoms with Crippen LogP contribution in [-0.4, -0.2) is 25.5 Å². The first kappa shape index (κ1) is 22.5. The van der Waals surface area contributed by atoms with E-state index in [4.69, 9.17) is 0 Å². The summed E-state index contributed by atoms with van der Waals surface area (Å²) in [7, 11) is 0. The second-order valence-electron chi connectivity index (χ2n) is 9.51. The average Bonchev–Trinajstić information content (AvgIpc) is 3.20. The molecule has 2 aromatic heterocycles. The molecule has 4 aromatic rings. The summed E-state index contributed by atoms with van der Waals surface area (Å²) in [4.78, 5) is 36.8. The van der Waals surface area contributed by atoms with Crippen LogP contribution < -0.4 is 10.5 Å². The maximum atomic E-state index is 13.6. The Morgan fingerprint density at radius 2 is 1.61 bits per heavy atom. The standard InChI is InChI=1S/C26H29N5O2/c1-16-7-9-19(10-8-16)15-30(23(33)20-11-13-21(14-12-20)26(4,5)6)25-28-24-27-18(3)17(2)22(32)31(24)29-25/h7-14H,15H2,1-6H3,(H,27,28,29). The highest BCUT2D eigenvalue weighted by atomic mass is 16.2. The van der Waals surface area contributed by atoms with Crippen LogP contribution in [0.2, 0.25) is 0 Å². The molecule has 4 rings (SSSR count). The van der Waals surface area contributed by atoms with Gasteiger partial charge in [-0.3, -0.25) is 19.6 Å². The number of nitrogens with zero attached hydrogens (tertiary/aromatic N) is 4. The maximum absolute atomic E-state index is 13.6. The smallest absolute Gasteiger partial charge is 0.272 e. The molecular weight excluding hydrogens is 414 g/mol. The molecule has 0 saturated carbocycles. The monoisotopic (exact) mass is 443 g/mol. The lowest BCUT2D eigenvalue weighted by atomic mass is 9.86. The molecule has 0 aliphatic heterocycles. The van der Waals surface area contributed by atoms with Crippen molar-refractivity contribution in [1.82, 2.24) is 19.6 Å². The first-order valence-corrected chi connectivity index (χ1v) is 11.0. The number of carbonyl (C=O) groups is 1. The molecular formula is C26H29N5O2. The lowest BCUT2D eigenvalue weighted by Gasteiger charge is -2.22. The summed E-state index contributed by atoms with van der Waals surface area (Å²) in [6, 6.07) is 15.6. The number of benzene rings is 2. The zero-order valence-electron chi connectivity index (χ0n) is 19.9. The predicted octanol–water partition coefficient (Wildman–Crippen LogP) is 4.49. The minimum atomic E-state index is -0.228. The second kappa shape index (κ2) is 8.31. The molecule has 7 heteroatoms. The van der Waals surface area contributed by atoms with Gasteiger partial charge in [0.2, 0.25) is 5.95 Å². The molecule has 1 N–H and O–H groups in total. The number of hydrogen-bond acceptors (Lipinski definition) is 4. The third-order valence-corrected chi connectivity index (χ3v) is 5.91. The molecule has 33 heavy (non-hydrogen) atoms. The quantitative estimate of drug-likeness (QED) is 0.504. The van der Waals surface area contributed by atoms with Gasteiger partial charge in [-0.15, -0.1) is 0 Å². The van der Waals surface area contributed by atoms with Crippen LogP contribution in [0.4, 0.5) is 5.95 Å². The van der Waals surface area contributed by atoms with Gasteiger partial charge in [0.15, 0.2) is 0 Å². The van der Waals surface area contributed by atoms with Gasteiger partial charge < -0.3 is 0 Å². The second-order valence-corrected chi connectivity index (χ2v) is 9.51. The van der Waals surface area contributed by atoms with E-state index in [2.05, 4.69) is 35.8 Å². The van der Waals surface area contributed by atoms with Gasteiger partial charge in [0.25, 0.3) is 17.2 Å². The van der Waals surface area contributed by atoms with E-state index in [1.165, 1.54) is 4.52 Å². The number of H-pyrrole nitrogens is 1. The van der Waals surface area contributed by atoms with Crippen molar-refractivity contribution in [1.29, 1.82) is 0 Å². The van der Waals surface area contributed by atoms with Gasteiger partial charge in [-0.25, -0.2) is 4.98 Å². The molecule has 2 aromatic carbocycles. The Hall–Kier alpha value is -3.74. The summed E-state index contributed by atoms with van der Waals surface area (Å²) < 4.78 is 1.29. The van der Waals surface area contributed by atoms with E-state index >= 15 is 0 Å². The Labute approximate surface area is 193 Å². The van der Waals surface area contributed by atoms with E-state index in [1.54, 1.807) is 18.7 Å². The fourth-order valence-electron chi connectivity index (χ4n) is 3.60. The van der Waals surface area contributed by atoms with Gasteiger partial charge in [0, 0.05) is 16.8 Å². The third-order valence-electron chi connectivity index (χ3n) is 5.91. The fourth-order valence-corrected chi connectivity index (χ4v) is 3.60. The van der Waals surface area contributed by atoms with E-state index in [-0.39, 0.29) is 28.6 Å². The number of amides is 1. The van der Waals surface area contributed by atoms with Crippen LogP contribution in [0.5, 0.6) is 0 Å². The van der Waals surface area contributed by atoms with E-state index in [0.717, 1.165) is 16.7 Å². The third kappa shape index (κ3) is 4.44. The highest BCUT2D eigenvalue weighted by Gasteiger charge is 2.23. The number of anilines is 1. The van der Waals surface area contributed by atoms with Gasteiger partial charge in [-0.05, 0) is 49.4 Å². The van der Waals surface area contributed by atoms with Crippen molar-refractivity contribution in [2.75, 3.05) is 4.90 Å². The summed E-state index contributed by atoms with van der Waals surface area (Å²) >= 11 is 0. The van der Waals surface area contributed by atoms with Gasteiger partial charge >= 0.3 is 0 Å². The van der Waals surface area contributed by atoms with Crippen LogP contribution in [0.3, 0.4) is 0 Å².